The Bertz CT molecular complexity index is 811. The van der Waals surface area contributed by atoms with Crippen LogP contribution in [0.3, 0.4) is 0 Å². The van der Waals surface area contributed by atoms with Crippen LogP contribution in [0.25, 0.3) is 0 Å². The van der Waals surface area contributed by atoms with Gasteiger partial charge in [0.2, 0.25) is 0 Å². The maximum absolute atomic E-state index is 12.0. The van der Waals surface area contributed by atoms with E-state index < -0.39 is 23.4 Å². The minimum atomic E-state index is -0.773. The smallest absolute Gasteiger partial charge is 0.338 e. The van der Waals surface area contributed by atoms with Crippen molar-refractivity contribution < 1.29 is 19.2 Å². The van der Waals surface area contributed by atoms with Crippen molar-refractivity contribution in [3.8, 4) is 0 Å². The molecule has 7 nitrogen and oxygen atoms in total. The fourth-order valence-electron chi connectivity index (χ4n) is 2.39. The molecule has 0 saturated carbocycles. The second kappa shape index (κ2) is 10.3. The zero-order valence-electron chi connectivity index (χ0n) is 14.8. The highest BCUT2D eigenvalue weighted by Gasteiger charge is 2.18. The maximum atomic E-state index is 12.0. The molecule has 0 unspecified atom stereocenters. The van der Waals surface area contributed by atoms with Crippen LogP contribution in [0.15, 0.2) is 53.4 Å². The predicted molar refractivity (Wildman–Crippen MR) is 103 cm³/mol. The molecule has 27 heavy (non-hydrogen) atoms. The molecule has 0 aliphatic carbocycles. The Hall–Kier alpha value is -2.87. The number of benzene rings is 2. The van der Waals surface area contributed by atoms with E-state index in [0.29, 0.717) is 11.4 Å². The molecule has 2 aromatic carbocycles. The van der Waals surface area contributed by atoms with Crippen LogP contribution in [0.4, 0.5) is 5.69 Å². The van der Waals surface area contributed by atoms with Gasteiger partial charge in [0, 0.05) is 12.6 Å². The van der Waals surface area contributed by atoms with Gasteiger partial charge >= 0.3 is 5.97 Å². The summed E-state index contributed by atoms with van der Waals surface area (Å²) in [4.78, 5) is 34.7. The highest BCUT2D eigenvalue weighted by molar-refractivity contribution is 7.98. The normalized spacial score (nSPS) is 10.3. The van der Waals surface area contributed by atoms with Gasteiger partial charge in [0.1, 0.15) is 0 Å². The van der Waals surface area contributed by atoms with Gasteiger partial charge in [-0.3, -0.25) is 14.9 Å². The van der Waals surface area contributed by atoms with Crippen molar-refractivity contribution in [2.75, 3.05) is 19.4 Å². The molecule has 2 rings (SSSR count). The van der Waals surface area contributed by atoms with Crippen LogP contribution in [-0.4, -0.2) is 36.2 Å². The second-order valence-electron chi connectivity index (χ2n) is 5.66. The maximum Gasteiger partial charge on any atom is 0.338 e. The number of nitro groups is 1. The molecule has 0 aliphatic heterocycles. The van der Waals surface area contributed by atoms with Crippen molar-refractivity contribution in [2.45, 2.75) is 17.7 Å². The molecule has 0 radical (unpaired) electrons. The summed E-state index contributed by atoms with van der Waals surface area (Å²) in [6, 6.07) is 14.0. The quantitative estimate of drug-likeness (QED) is 0.233. The minimum absolute atomic E-state index is 0.0383. The number of nitrogens with one attached hydrogen (secondary N) is 1. The third kappa shape index (κ3) is 6.41. The number of hydrogen-bond acceptors (Lipinski definition) is 6. The number of aryl methyl sites for hydroxylation is 1. The summed E-state index contributed by atoms with van der Waals surface area (Å²) in [5.74, 6) is -1.18. The highest BCUT2D eigenvalue weighted by Crippen LogP contribution is 2.28. The van der Waals surface area contributed by atoms with E-state index in [1.807, 2.05) is 30.3 Å². The number of nitrogens with zero attached hydrogens (tertiary/aromatic N) is 1. The first-order chi connectivity index (χ1) is 13.0. The Morgan fingerprint density at radius 3 is 2.59 bits per heavy atom. The number of amides is 1. The lowest BCUT2D eigenvalue weighted by Crippen LogP contribution is -2.29. The predicted octanol–water partition coefficient (Wildman–Crippen LogP) is 3.22. The first-order valence-corrected chi connectivity index (χ1v) is 9.54. The number of thioether (sulfide) groups is 1. The summed E-state index contributed by atoms with van der Waals surface area (Å²) in [7, 11) is 0. The van der Waals surface area contributed by atoms with Crippen LogP contribution in [0.2, 0.25) is 0 Å². The number of carbonyl (C=O) groups excluding carboxylic acids is 2. The van der Waals surface area contributed by atoms with Gasteiger partial charge in [-0.2, -0.15) is 0 Å². The average Bonchev–Trinajstić information content (AvgIpc) is 2.69. The Morgan fingerprint density at radius 2 is 1.93 bits per heavy atom. The monoisotopic (exact) mass is 388 g/mol. The Morgan fingerprint density at radius 1 is 1.19 bits per heavy atom. The standard InChI is InChI=1S/C19H20N2O5S/c1-27-17-10-9-15(12-16(17)21(24)25)19(23)26-13-18(22)20-11-5-8-14-6-3-2-4-7-14/h2-4,6-7,9-10,12H,5,8,11,13H2,1H3,(H,20,22). The molecule has 8 heteroatoms. The van der Waals surface area contributed by atoms with Crippen molar-refractivity contribution in [1.29, 1.82) is 0 Å². The zero-order valence-corrected chi connectivity index (χ0v) is 15.7. The molecule has 0 fully saturated rings. The molecule has 0 atom stereocenters. The molecular formula is C19H20N2O5S. The third-order valence-corrected chi connectivity index (χ3v) is 4.54. The van der Waals surface area contributed by atoms with E-state index in [0.717, 1.165) is 18.9 Å². The highest BCUT2D eigenvalue weighted by atomic mass is 32.2. The Balaban J connectivity index is 1.77. The van der Waals surface area contributed by atoms with Crippen LogP contribution in [-0.2, 0) is 16.0 Å². The zero-order chi connectivity index (χ0) is 19.6. The SMILES string of the molecule is CSc1ccc(C(=O)OCC(=O)NCCCc2ccccc2)cc1[N+](=O)[O-]. The number of ether oxygens (including phenoxy) is 1. The van der Waals surface area contributed by atoms with E-state index in [1.165, 1.54) is 29.5 Å². The molecule has 0 bridgehead atoms. The number of rotatable bonds is 9. The molecule has 1 amide bonds. The van der Waals surface area contributed by atoms with Crippen molar-refractivity contribution in [3.63, 3.8) is 0 Å². The van der Waals surface area contributed by atoms with E-state index in [9.17, 15) is 19.7 Å². The van der Waals surface area contributed by atoms with Gasteiger partial charge in [0.25, 0.3) is 11.6 Å². The van der Waals surface area contributed by atoms with Gasteiger partial charge in [-0.25, -0.2) is 4.79 Å². The average molecular weight is 388 g/mol. The van der Waals surface area contributed by atoms with Crippen LogP contribution in [0.5, 0.6) is 0 Å². The number of hydrogen-bond donors (Lipinski definition) is 1. The summed E-state index contributed by atoms with van der Waals surface area (Å²) < 4.78 is 4.93. The molecule has 1 N–H and O–H groups in total. The number of esters is 1. The third-order valence-electron chi connectivity index (χ3n) is 3.75. The summed E-state index contributed by atoms with van der Waals surface area (Å²) in [6.45, 7) is 0.0431. The van der Waals surface area contributed by atoms with Crippen LogP contribution >= 0.6 is 11.8 Å². The van der Waals surface area contributed by atoms with E-state index >= 15 is 0 Å². The fraction of sp³-hybridized carbons (Fsp3) is 0.263. The lowest BCUT2D eigenvalue weighted by Gasteiger charge is -2.07. The van der Waals surface area contributed by atoms with Crippen molar-refractivity contribution >= 4 is 29.3 Å². The van der Waals surface area contributed by atoms with E-state index in [1.54, 1.807) is 6.26 Å². The summed E-state index contributed by atoms with van der Waals surface area (Å²) >= 11 is 1.21. The summed E-state index contributed by atoms with van der Waals surface area (Å²) in [6.07, 6.45) is 3.32. The summed E-state index contributed by atoms with van der Waals surface area (Å²) in [5.41, 5.74) is 1.06. The van der Waals surface area contributed by atoms with Gasteiger partial charge in [0.15, 0.2) is 6.61 Å². The van der Waals surface area contributed by atoms with Gasteiger partial charge < -0.3 is 10.1 Å². The van der Waals surface area contributed by atoms with Crippen LogP contribution < -0.4 is 5.32 Å². The molecule has 0 aliphatic rings. The van der Waals surface area contributed by atoms with E-state index in [4.69, 9.17) is 4.74 Å². The van der Waals surface area contributed by atoms with Crippen molar-refractivity contribution in [2.24, 2.45) is 0 Å². The second-order valence-corrected chi connectivity index (χ2v) is 6.51. The lowest BCUT2D eigenvalue weighted by molar-refractivity contribution is -0.387. The number of carbonyl (C=O) groups is 2. The van der Waals surface area contributed by atoms with E-state index in [-0.39, 0.29) is 11.3 Å². The minimum Gasteiger partial charge on any atom is -0.452 e. The van der Waals surface area contributed by atoms with E-state index in [2.05, 4.69) is 5.32 Å². The molecule has 0 heterocycles. The topological polar surface area (TPSA) is 98.5 Å². The van der Waals surface area contributed by atoms with Gasteiger partial charge in [-0.1, -0.05) is 30.3 Å². The van der Waals surface area contributed by atoms with Crippen LogP contribution in [0.1, 0.15) is 22.3 Å². The Kier molecular flexibility index (Phi) is 7.81. The number of nitro benzene ring substituents is 1. The molecular weight excluding hydrogens is 368 g/mol. The Labute approximate surface area is 161 Å². The summed E-state index contributed by atoms with van der Waals surface area (Å²) in [5, 5.41) is 13.7. The van der Waals surface area contributed by atoms with Gasteiger partial charge in [-0.05, 0) is 36.8 Å². The van der Waals surface area contributed by atoms with Gasteiger partial charge in [-0.15, -0.1) is 11.8 Å². The van der Waals surface area contributed by atoms with Crippen LogP contribution in [0, 0.1) is 10.1 Å². The molecule has 0 saturated heterocycles. The molecule has 2 aromatic rings. The lowest BCUT2D eigenvalue weighted by atomic mass is 10.1. The first kappa shape index (κ1) is 20.4. The molecule has 142 valence electrons. The van der Waals surface area contributed by atoms with Crippen molar-refractivity contribution in [1.82, 2.24) is 5.32 Å². The van der Waals surface area contributed by atoms with Crippen molar-refractivity contribution in [3.05, 3.63) is 69.8 Å². The largest absolute Gasteiger partial charge is 0.452 e. The first-order valence-electron chi connectivity index (χ1n) is 8.31. The fourth-order valence-corrected chi connectivity index (χ4v) is 2.94. The molecule has 0 aromatic heterocycles. The van der Waals surface area contributed by atoms with Gasteiger partial charge in [0.05, 0.1) is 15.4 Å². The molecule has 0 spiro atoms.